The Labute approximate surface area is 219 Å². The van der Waals surface area contributed by atoms with Crippen LogP contribution in [0.2, 0.25) is 0 Å². The minimum absolute atomic E-state index is 0.132. The lowest BCUT2D eigenvalue weighted by atomic mass is 9.95. The van der Waals surface area contributed by atoms with E-state index in [0.717, 1.165) is 42.0 Å². The van der Waals surface area contributed by atoms with E-state index in [-0.39, 0.29) is 28.9 Å². The maximum Gasteiger partial charge on any atom is 0.418 e. The first-order valence-corrected chi connectivity index (χ1v) is 13.6. The topological polar surface area (TPSA) is 55.0 Å². The first-order valence-electron chi connectivity index (χ1n) is 12.1. The summed E-state index contributed by atoms with van der Waals surface area (Å²) in [5, 5.41) is 12.4. The largest absolute Gasteiger partial charge is 0.418 e. The zero-order valence-electron chi connectivity index (χ0n) is 20.5. The molecular weight excluding hydrogens is 526 g/mol. The zero-order chi connectivity index (χ0) is 27.5. The summed E-state index contributed by atoms with van der Waals surface area (Å²) in [6, 6.07) is 10.7. The van der Waals surface area contributed by atoms with Gasteiger partial charge in [0.1, 0.15) is 6.54 Å². The van der Waals surface area contributed by atoms with Crippen molar-refractivity contribution in [1.29, 1.82) is 0 Å². The van der Waals surface area contributed by atoms with Crippen LogP contribution in [0.15, 0.2) is 47.4 Å². The summed E-state index contributed by atoms with van der Waals surface area (Å²) in [7, 11) is -1.09. The summed E-state index contributed by atoms with van der Waals surface area (Å²) in [5.41, 5.74) is 0.160. The third-order valence-corrected chi connectivity index (χ3v) is 7.29. The quantitative estimate of drug-likeness (QED) is 0.170. The zero-order valence-corrected chi connectivity index (χ0v) is 21.3. The summed E-state index contributed by atoms with van der Waals surface area (Å²) in [6.07, 6.45) is -3.73. The molecule has 1 unspecified atom stereocenters. The van der Waals surface area contributed by atoms with Crippen molar-refractivity contribution < 1.29 is 26.3 Å². The molecule has 4 nitrogen and oxygen atoms in total. The van der Waals surface area contributed by atoms with Gasteiger partial charge in [0, 0.05) is 27.7 Å². The fourth-order valence-electron chi connectivity index (χ4n) is 4.68. The van der Waals surface area contributed by atoms with E-state index >= 15 is 0 Å². The lowest BCUT2D eigenvalue weighted by Crippen LogP contribution is -2.22. The molecule has 1 saturated carbocycles. The van der Waals surface area contributed by atoms with Crippen LogP contribution in [0, 0.1) is 11.8 Å². The average Bonchev–Trinajstić information content (AvgIpc) is 3.18. The molecule has 0 saturated heterocycles. The van der Waals surface area contributed by atoms with Gasteiger partial charge in [0.25, 0.3) is 0 Å². The average molecular weight is 555 g/mol. The Morgan fingerprint density at radius 1 is 1.00 bits per heavy atom. The van der Waals surface area contributed by atoms with Gasteiger partial charge in [-0.15, -0.1) is 0 Å². The molecule has 0 radical (unpaired) electrons. The molecule has 1 aliphatic carbocycles. The number of nitrogens with one attached hydrogen (secondary N) is 2. The highest BCUT2D eigenvalue weighted by atomic mass is 32.2. The van der Waals surface area contributed by atoms with Crippen molar-refractivity contribution in [3.8, 4) is 11.8 Å². The SMILES string of the molecule is C=S(N)c1ccc(NCC#Cc2cc3c(NC4CCCCC4)cccc3n2CC(F)(F)F)c(C(F)(F)F)c1. The number of nitrogens with two attached hydrogens (primary N) is 1. The summed E-state index contributed by atoms with van der Waals surface area (Å²) in [4.78, 5) is 0.253. The van der Waals surface area contributed by atoms with Gasteiger partial charge in [-0.2, -0.15) is 26.3 Å². The van der Waals surface area contributed by atoms with Crippen LogP contribution in [0.3, 0.4) is 0 Å². The molecule has 1 heterocycles. The molecule has 2 aromatic carbocycles. The lowest BCUT2D eigenvalue weighted by Gasteiger charge is -2.24. The van der Waals surface area contributed by atoms with Crippen molar-refractivity contribution in [2.24, 2.45) is 5.14 Å². The molecule has 1 aliphatic rings. The normalized spacial score (nSPS) is 15.7. The molecular formula is C27H28F6N4S. The van der Waals surface area contributed by atoms with Gasteiger partial charge in [-0.3, -0.25) is 5.14 Å². The molecule has 38 heavy (non-hydrogen) atoms. The Morgan fingerprint density at radius 2 is 1.74 bits per heavy atom. The Hall–Kier alpha value is -3.10. The number of hydrogen-bond donors (Lipinski definition) is 3. The van der Waals surface area contributed by atoms with E-state index < -0.39 is 35.1 Å². The van der Waals surface area contributed by atoms with Crippen LogP contribution in [0.5, 0.6) is 0 Å². The molecule has 1 atom stereocenters. The van der Waals surface area contributed by atoms with Crippen molar-refractivity contribution >= 4 is 38.8 Å². The number of hydrogen-bond acceptors (Lipinski definition) is 3. The minimum Gasteiger partial charge on any atom is -0.382 e. The van der Waals surface area contributed by atoms with Crippen LogP contribution in [-0.2, 0) is 12.7 Å². The second-order valence-corrected chi connectivity index (χ2v) is 10.6. The number of anilines is 2. The van der Waals surface area contributed by atoms with Crippen LogP contribution in [0.25, 0.3) is 10.9 Å². The first kappa shape index (κ1) is 27.9. The number of rotatable bonds is 6. The van der Waals surface area contributed by atoms with E-state index in [1.165, 1.54) is 18.6 Å². The number of nitrogens with zero attached hydrogens (tertiary/aromatic N) is 1. The number of alkyl halides is 6. The second-order valence-electron chi connectivity index (χ2n) is 9.24. The van der Waals surface area contributed by atoms with Crippen molar-refractivity contribution in [1.82, 2.24) is 4.57 Å². The van der Waals surface area contributed by atoms with Gasteiger partial charge < -0.3 is 15.2 Å². The van der Waals surface area contributed by atoms with E-state index in [2.05, 4.69) is 28.3 Å². The summed E-state index contributed by atoms with van der Waals surface area (Å²) in [6.45, 7) is -1.44. The molecule has 4 rings (SSSR count). The van der Waals surface area contributed by atoms with Gasteiger partial charge in [-0.1, -0.05) is 47.8 Å². The fraction of sp³-hybridized carbons (Fsp3) is 0.370. The monoisotopic (exact) mass is 554 g/mol. The maximum absolute atomic E-state index is 13.6. The van der Waals surface area contributed by atoms with Gasteiger partial charge in [0.15, 0.2) is 0 Å². The van der Waals surface area contributed by atoms with Gasteiger partial charge in [0.05, 0.1) is 23.3 Å². The predicted octanol–water partition coefficient (Wildman–Crippen LogP) is 7.36. The van der Waals surface area contributed by atoms with E-state index in [9.17, 15) is 26.3 Å². The molecule has 0 bridgehead atoms. The lowest BCUT2D eigenvalue weighted by molar-refractivity contribution is -0.140. The molecule has 1 aromatic heterocycles. The highest BCUT2D eigenvalue weighted by Gasteiger charge is 2.34. The van der Waals surface area contributed by atoms with Crippen LogP contribution in [-0.4, -0.2) is 29.2 Å². The summed E-state index contributed by atoms with van der Waals surface area (Å²) in [5.74, 6) is 8.98. The Balaban J connectivity index is 1.62. The third-order valence-electron chi connectivity index (χ3n) is 6.43. The van der Waals surface area contributed by atoms with E-state index in [1.807, 2.05) is 6.07 Å². The Bertz CT molecular complexity index is 1370. The van der Waals surface area contributed by atoms with E-state index in [1.54, 1.807) is 18.2 Å². The van der Waals surface area contributed by atoms with E-state index in [0.29, 0.717) is 10.9 Å². The standard InChI is InChI=1S/C27H28F6N4S/c1-38(34)20-12-13-24(22(16-20)27(31,32)33)35-14-6-9-19-15-21-23(36-18-7-3-2-4-8-18)10-5-11-25(21)37(19)17-26(28,29)30/h5,10-13,15-16,18,35-36H,1-4,7-8,14,17,34H2. The fourth-order valence-corrected chi connectivity index (χ4v) is 5.19. The van der Waals surface area contributed by atoms with Gasteiger partial charge >= 0.3 is 12.4 Å². The summed E-state index contributed by atoms with van der Waals surface area (Å²) >= 11 is 0. The van der Waals surface area contributed by atoms with Gasteiger partial charge in [-0.25, -0.2) is 0 Å². The van der Waals surface area contributed by atoms with Gasteiger partial charge in [-0.05, 0) is 55.2 Å². The smallest absolute Gasteiger partial charge is 0.382 e. The predicted molar refractivity (Wildman–Crippen MR) is 142 cm³/mol. The minimum atomic E-state index is -4.63. The van der Waals surface area contributed by atoms with Crippen molar-refractivity contribution in [2.75, 3.05) is 17.2 Å². The highest BCUT2D eigenvalue weighted by molar-refractivity contribution is 8.12. The van der Waals surface area contributed by atoms with Gasteiger partial charge in [0.2, 0.25) is 0 Å². The number of aromatic nitrogens is 1. The molecule has 1 fully saturated rings. The number of halogens is 6. The van der Waals surface area contributed by atoms with Crippen molar-refractivity contribution in [3.63, 3.8) is 0 Å². The third kappa shape index (κ3) is 6.85. The van der Waals surface area contributed by atoms with Crippen LogP contribution in [0.1, 0.15) is 43.4 Å². The van der Waals surface area contributed by atoms with Crippen LogP contribution < -0.4 is 15.8 Å². The molecule has 0 spiro atoms. The second kappa shape index (κ2) is 11.3. The molecule has 204 valence electrons. The van der Waals surface area contributed by atoms with Crippen LogP contribution >= 0.6 is 10.7 Å². The molecule has 11 heteroatoms. The van der Waals surface area contributed by atoms with E-state index in [4.69, 9.17) is 5.14 Å². The Kier molecular flexibility index (Phi) is 8.33. The molecule has 4 N–H and O–H groups in total. The van der Waals surface area contributed by atoms with Crippen LogP contribution in [0.4, 0.5) is 37.7 Å². The van der Waals surface area contributed by atoms with Crippen molar-refractivity contribution in [2.45, 2.75) is 61.9 Å². The maximum atomic E-state index is 13.6. The molecule has 3 aromatic rings. The molecule has 0 amide bonds. The summed E-state index contributed by atoms with van der Waals surface area (Å²) < 4.78 is 82.1. The van der Waals surface area contributed by atoms with Crippen molar-refractivity contribution in [3.05, 3.63) is 53.7 Å². The number of fused-ring (bicyclic) bond motifs is 1. The Morgan fingerprint density at radius 3 is 2.39 bits per heavy atom. The molecule has 0 aliphatic heterocycles. The first-order chi connectivity index (χ1) is 17.9. The highest BCUT2D eigenvalue weighted by Crippen LogP contribution is 2.37. The number of benzene rings is 2.